The van der Waals surface area contributed by atoms with Crippen molar-refractivity contribution in [3.63, 3.8) is 0 Å². The summed E-state index contributed by atoms with van der Waals surface area (Å²) in [6.07, 6.45) is 0.138. The summed E-state index contributed by atoms with van der Waals surface area (Å²) >= 11 is -2.13. The zero-order valence-electron chi connectivity index (χ0n) is 24.9. The summed E-state index contributed by atoms with van der Waals surface area (Å²) < 4.78 is 12.2. The first-order valence-electron chi connectivity index (χ1n) is 13.7. The van der Waals surface area contributed by atoms with Gasteiger partial charge in [-0.1, -0.05) is 134 Å². The number of ether oxygens (including phenoxy) is 2. The van der Waals surface area contributed by atoms with Crippen molar-refractivity contribution in [2.45, 2.75) is 25.4 Å². The number of aliphatic hydroxyl groups is 2. The molecule has 11 heteroatoms. The molecule has 2 N–H and O–H groups in total. The fourth-order valence-corrected chi connectivity index (χ4v) is 9.51. The molecule has 0 aromatic heterocycles. The summed E-state index contributed by atoms with van der Waals surface area (Å²) in [5.74, 6) is -3.77. The first-order valence-corrected chi connectivity index (χ1v) is 27.6. The van der Waals surface area contributed by atoms with E-state index in [-0.39, 0.29) is 44.9 Å². The average molecular weight is 991 g/mol. The first-order chi connectivity index (χ1) is 20.9. The molecule has 4 nitrogen and oxygen atoms in total. The van der Waals surface area contributed by atoms with Gasteiger partial charge >= 0.3 is 43.1 Å². The maximum absolute atomic E-state index is 12.5. The van der Waals surface area contributed by atoms with E-state index in [1.165, 1.54) is 0 Å². The molecule has 0 unspecified atom stereocenters. The Morgan fingerprint density at radius 3 is 0.956 bits per heavy atom. The number of hydrogen-bond donors (Lipinski definition) is 2. The number of benzene rings is 4. The Hall–Kier alpha value is -0.903. The topological polar surface area (TPSA) is 58.9 Å². The molecule has 0 saturated carbocycles. The van der Waals surface area contributed by atoms with Crippen molar-refractivity contribution in [2.75, 3.05) is 12.3 Å². The van der Waals surface area contributed by atoms with Crippen LogP contribution in [0.25, 0.3) is 0 Å². The Morgan fingerprint density at radius 1 is 0.578 bits per heavy atom. The van der Waals surface area contributed by atoms with Gasteiger partial charge in [0.2, 0.25) is 0 Å². The standard InChI is InChI=1S/C34H36O4P2.3ClH.Pt.Sn/c1-27(2)37-33(35,25-39(29-17-9-5-10-18-29)30-19-11-6-12-20-30)34(36,38-28(3)4)26-40(31-21-13-7-14-22-31)32-23-15-8-16-24-32;;;;;/h5-24,35-36H,1,3,25-26H2,2,4H3;3*1H;;/q;;;;;+3/p-3/t33-,34-;;;;;/m0...../s1. The van der Waals surface area contributed by atoms with Crippen molar-refractivity contribution in [1.82, 2.24) is 0 Å². The second-order valence-corrected chi connectivity index (χ2v) is 27.0. The molecule has 0 aliphatic rings. The van der Waals surface area contributed by atoms with E-state index in [0.29, 0.717) is 0 Å². The van der Waals surface area contributed by atoms with Crippen LogP contribution < -0.4 is 21.2 Å². The van der Waals surface area contributed by atoms with E-state index in [9.17, 15) is 10.2 Å². The fraction of sp³-hybridized carbons (Fsp3) is 0.176. The average Bonchev–Trinajstić information content (AvgIpc) is 2.99. The quantitative estimate of drug-likeness (QED) is 0.0635. The molecular formula is C34H36Cl3O4P2PtSn. The summed E-state index contributed by atoms with van der Waals surface area (Å²) in [5, 5.41) is 29.2. The molecule has 4 aromatic rings. The third-order valence-electron chi connectivity index (χ3n) is 6.31. The van der Waals surface area contributed by atoms with Gasteiger partial charge in [-0.15, -0.1) is 0 Å². The summed E-state index contributed by atoms with van der Waals surface area (Å²) in [5.41, 5.74) is 0. The molecule has 1 radical (unpaired) electrons. The fourth-order valence-electron chi connectivity index (χ4n) is 4.57. The monoisotopic (exact) mass is 990 g/mol. The summed E-state index contributed by atoms with van der Waals surface area (Å²) in [4.78, 5) is 0. The molecule has 0 aliphatic carbocycles. The van der Waals surface area contributed by atoms with Gasteiger partial charge in [-0.25, -0.2) is 0 Å². The maximum atomic E-state index is 12.5. The number of allylic oxidation sites excluding steroid dienone is 2. The van der Waals surface area contributed by atoms with Crippen LogP contribution in [0.2, 0.25) is 0 Å². The summed E-state index contributed by atoms with van der Waals surface area (Å²) in [6, 6.07) is 40.0. The molecule has 0 heterocycles. The molecule has 241 valence electrons. The Balaban J connectivity index is 0.00000133. The van der Waals surface area contributed by atoms with Gasteiger partial charge in [0.15, 0.2) is 0 Å². The second kappa shape index (κ2) is 19.8. The third-order valence-corrected chi connectivity index (χ3v) is 11.5. The van der Waals surface area contributed by atoms with E-state index in [0.717, 1.165) is 21.2 Å². The first kappa shape index (κ1) is 40.3. The zero-order chi connectivity index (χ0) is 32.2. The summed E-state index contributed by atoms with van der Waals surface area (Å²) in [7, 11) is 12.7. The van der Waals surface area contributed by atoms with Gasteiger partial charge in [-0.3, -0.25) is 0 Å². The van der Waals surface area contributed by atoms with Gasteiger partial charge in [0.05, 0.1) is 11.5 Å². The minimum absolute atomic E-state index is 0. The van der Waals surface area contributed by atoms with Crippen LogP contribution in [0, 0.1) is 0 Å². The van der Waals surface area contributed by atoms with E-state index in [1.54, 1.807) is 13.8 Å². The van der Waals surface area contributed by atoms with Gasteiger partial charge in [-0.2, -0.15) is 0 Å². The van der Waals surface area contributed by atoms with E-state index < -0.39 is 43.8 Å². The predicted molar refractivity (Wildman–Crippen MR) is 193 cm³/mol. The number of hydrogen-bond acceptors (Lipinski definition) is 4. The van der Waals surface area contributed by atoms with E-state index in [1.807, 2.05) is 121 Å². The van der Waals surface area contributed by atoms with Crippen molar-refractivity contribution in [1.29, 1.82) is 0 Å². The largest absolute Gasteiger partial charge is 0 e. The van der Waals surface area contributed by atoms with Crippen LogP contribution in [-0.2, 0) is 30.5 Å². The minimum Gasteiger partial charge on any atom is 0 e. The van der Waals surface area contributed by atoms with Crippen molar-refractivity contribution in [2.24, 2.45) is 0 Å². The van der Waals surface area contributed by atoms with Gasteiger partial charge in [0.25, 0.3) is 11.6 Å². The molecule has 2 atom stereocenters. The zero-order valence-corrected chi connectivity index (χ0v) is 34.1. The van der Waals surface area contributed by atoms with Crippen LogP contribution in [0.4, 0.5) is 0 Å². The summed E-state index contributed by atoms with van der Waals surface area (Å²) in [6.45, 7) is 11.2. The molecule has 4 aromatic carbocycles. The van der Waals surface area contributed by atoms with Gasteiger partial charge in [0, 0.05) is 33.4 Å². The van der Waals surface area contributed by atoms with Crippen LogP contribution in [0.5, 0.6) is 0 Å². The van der Waals surface area contributed by atoms with Gasteiger partial charge in [0.1, 0.15) is 0 Å². The normalized spacial score (nSPS) is 13.5. The Kier molecular flexibility index (Phi) is 17.7. The SMILES string of the molecule is C=C(C)O[C@@](O)(CP(c1ccccc1)c1ccccc1)[C@](O)(CP(c1ccccc1)c1ccccc1)OC(=C)C.[Cl][Sn]([Cl])[Cl].[Pt]. The molecular weight excluding hydrogens is 954 g/mol. The van der Waals surface area contributed by atoms with Crippen molar-refractivity contribution < 1.29 is 40.8 Å². The Bertz CT molecular complexity index is 1270. The smallest absolute Gasteiger partial charge is 0 e. The maximum Gasteiger partial charge on any atom is 0 e. The molecule has 45 heavy (non-hydrogen) atoms. The Morgan fingerprint density at radius 2 is 0.778 bits per heavy atom. The van der Waals surface area contributed by atoms with Gasteiger partial charge < -0.3 is 19.7 Å². The minimum atomic E-state index is -2.15. The molecule has 0 spiro atoms. The van der Waals surface area contributed by atoms with E-state index in [4.69, 9.17) is 36.2 Å². The molecule has 0 fully saturated rings. The van der Waals surface area contributed by atoms with Crippen LogP contribution in [0.1, 0.15) is 13.8 Å². The van der Waals surface area contributed by atoms with Crippen molar-refractivity contribution in [3.05, 3.63) is 146 Å². The molecule has 0 bridgehead atoms. The third kappa shape index (κ3) is 12.6. The van der Waals surface area contributed by atoms with Crippen molar-refractivity contribution in [3.8, 4) is 0 Å². The van der Waals surface area contributed by atoms with Crippen LogP contribution >= 0.6 is 42.6 Å². The van der Waals surface area contributed by atoms with Crippen LogP contribution in [0.3, 0.4) is 0 Å². The van der Waals surface area contributed by atoms with Crippen LogP contribution in [-0.4, -0.2) is 50.5 Å². The number of rotatable bonds is 13. The Labute approximate surface area is 302 Å². The van der Waals surface area contributed by atoms with Crippen LogP contribution in [0.15, 0.2) is 146 Å². The molecule has 0 amide bonds. The van der Waals surface area contributed by atoms with Gasteiger partial charge in [-0.05, 0) is 50.9 Å². The predicted octanol–water partition coefficient (Wildman–Crippen LogP) is 7.42. The molecule has 4 rings (SSSR count). The molecule has 0 saturated heterocycles. The molecule has 0 aliphatic heterocycles. The van der Waals surface area contributed by atoms with E-state index in [2.05, 4.69) is 13.2 Å². The van der Waals surface area contributed by atoms with Crippen molar-refractivity contribution >= 4 is 80.2 Å². The van der Waals surface area contributed by atoms with E-state index >= 15 is 0 Å². The number of halogens is 3. The second-order valence-electron chi connectivity index (χ2n) is 9.91.